The Kier molecular flexibility index (Phi) is 5.50. The molecule has 3 rings (SSSR count). The summed E-state index contributed by atoms with van der Waals surface area (Å²) < 4.78 is 14.0. The van der Waals surface area contributed by atoms with Gasteiger partial charge in [0.1, 0.15) is 5.82 Å². The zero-order chi connectivity index (χ0) is 18.0. The van der Waals surface area contributed by atoms with Crippen molar-refractivity contribution in [1.82, 2.24) is 4.90 Å². The maximum atomic E-state index is 14.0. The lowest BCUT2D eigenvalue weighted by atomic mass is 10.0. The second-order valence-corrected chi connectivity index (χ2v) is 7.16. The number of hydrogen-bond donors (Lipinski definition) is 1. The fourth-order valence-corrected chi connectivity index (χ4v) is 3.36. The number of benzene rings is 2. The molecule has 1 amide bonds. The molecule has 0 aliphatic carbocycles. The molecule has 1 N–H and O–H groups in total. The Labute approximate surface area is 156 Å². The number of carbonyl (C=O) groups is 1. The summed E-state index contributed by atoms with van der Waals surface area (Å²) >= 11 is 11.9. The second kappa shape index (κ2) is 7.63. The van der Waals surface area contributed by atoms with Gasteiger partial charge < -0.3 is 10.2 Å². The van der Waals surface area contributed by atoms with Gasteiger partial charge in [-0.1, -0.05) is 29.3 Å². The van der Waals surface area contributed by atoms with Crippen LogP contribution in [0.25, 0.3) is 0 Å². The van der Waals surface area contributed by atoms with Gasteiger partial charge in [0.15, 0.2) is 0 Å². The minimum atomic E-state index is -0.279. The van der Waals surface area contributed by atoms with Crippen LogP contribution in [0.1, 0.15) is 28.8 Å². The molecular formula is C19H19Cl2FN2O. The highest BCUT2D eigenvalue weighted by atomic mass is 35.5. The standard InChI is InChI=1S/C19H19Cl2FN2O/c1-12-4-7-17(22)18(9-12)23-14-3-2-8-24(11-14)19(25)13-5-6-15(20)16(21)10-13/h4-7,9-10,14,23H,2-3,8,11H2,1H3. The molecule has 1 fully saturated rings. The number of halogens is 3. The van der Waals surface area contributed by atoms with Crippen LogP contribution in [0.5, 0.6) is 0 Å². The number of nitrogens with one attached hydrogen (secondary N) is 1. The molecule has 6 heteroatoms. The maximum absolute atomic E-state index is 14.0. The average Bonchev–Trinajstić information content (AvgIpc) is 2.60. The van der Waals surface area contributed by atoms with Crippen LogP contribution in [0, 0.1) is 12.7 Å². The van der Waals surface area contributed by atoms with Crippen LogP contribution in [0.2, 0.25) is 10.0 Å². The number of anilines is 1. The summed E-state index contributed by atoms with van der Waals surface area (Å²) in [4.78, 5) is 14.5. The van der Waals surface area contributed by atoms with E-state index in [0.717, 1.165) is 18.4 Å². The van der Waals surface area contributed by atoms with E-state index in [9.17, 15) is 9.18 Å². The highest BCUT2D eigenvalue weighted by Crippen LogP contribution is 2.25. The lowest BCUT2D eigenvalue weighted by Crippen LogP contribution is -2.45. The molecule has 0 saturated carbocycles. The van der Waals surface area contributed by atoms with Crippen LogP contribution in [0.3, 0.4) is 0 Å². The Hall–Kier alpha value is -1.78. The topological polar surface area (TPSA) is 32.3 Å². The number of rotatable bonds is 3. The highest BCUT2D eigenvalue weighted by Gasteiger charge is 2.25. The molecule has 0 radical (unpaired) electrons. The van der Waals surface area contributed by atoms with Crippen molar-refractivity contribution in [2.45, 2.75) is 25.8 Å². The molecule has 1 unspecified atom stereocenters. The first-order valence-electron chi connectivity index (χ1n) is 8.21. The highest BCUT2D eigenvalue weighted by molar-refractivity contribution is 6.42. The van der Waals surface area contributed by atoms with Crippen LogP contribution in [0.15, 0.2) is 36.4 Å². The van der Waals surface area contributed by atoms with Gasteiger partial charge in [0.2, 0.25) is 0 Å². The van der Waals surface area contributed by atoms with Crippen LogP contribution >= 0.6 is 23.2 Å². The summed E-state index contributed by atoms with van der Waals surface area (Å²) in [5, 5.41) is 4.02. The van der Waals surface area contributed by atoms with Crippen molar-refractivity contribution in [1.29, 1.82) is 0 Å². The lowest BCUT2D eigenvalue weighted by Gasteiger charge is -2.34. The molecule has 0 bridgehead atoms. The van der Waals surface area contributed by atoms with Gasteiger partial charge in [0, 0.05) is 24.7 Å². The predicted octanol–water partition coefficient (Wildman–Crippen LogP) is 5.16. The van der Waals surface area contributed by atoms with Gasteiger partial charge >= 0.3 is 0 Å². The minimum absolute atomic E-state index is 0.0109. The first-order chi connectivity index (χ1) is 11.9. The van der Waals surface area contributed by atoms with Gasteiger partial charge in [-0.3, -0.25) is 4.79 Å². The number of piperidine rings is 1. The van der Waals surface area contributed by atoms with E-state index in [1.165, 1.54) is 6.07 Å². The number of likely N-dealkylation sites (tertiary alicyclic amines) is 1. The Morgan fingerprint density at radius 1 is 1.20 bits per heavy atom. The molecule has 25 heavy (non-hydrogen) atoms. The van der Waals surface area contributed by atoms with E-state index in [0.29, 0.717) is 34.4 Å². The van der Waals surface area contributed by atoms with Gasteiger partial charge in [-0.05, 0) is 55.7 Å². The average molecular weight is 381 g/mol. The molecule has 2 aromatic carbocycles. The number of carbonyl (C=O) groups excluding carboxylic acids is 1. The van der Waals surface area contributed by atoms with Crippen molar-refractivity contribution >= 4 is 34.8 Å². The fourth-order valence-electron chi connectivity index (χ4n) is 3.06. The quantitative estimate of drug-likeness (QED) is 0.797. The first kappa shape index (κ1) is 18.0. The number of amides is 1. The van der Waals surface area contributed by atoms with E-state index in [1.54, 1.807) is 35.2 Å². The van der Waals surface area contributed by atoms with Crippen molar-refractivity contribution in [2.24, 2.45) is 0 Å². The van der Waals surface area contributed by atoms with Gasteiger partial charge in [-0.15, -0.1) is 0 Å². The Morgan fingerprint density at radius 3 is 2.76 bits per heavy atom. The van der Waals surface area contributed by atoms with Crippen molar-refractivity contribution in [2.75, 3.05) is 18.4 Å². The third kappa shape index (κ3) is 4.25. The van der Waals surface area contributed by atoms with Gasteiger partial charge in [0.25, 0.3) is 5.91 Å². The zero-order valence-corrected chi connectivity index (χ0v) is 15.4. The molecule has 1 saturated heterocycles. The van der Waals surface area contributed by atoms with E-state index >= 15 is 0 Å². The normalized spacial score (nSPS) is 17.4. The number of hydrogen-bond acceptors (Lipinski definition) is 2. The van der Waals surface area contributed by atoms with Crippen molar-refractivity contribution in [3.63, 3.8) is 0 Å². The lowest BCUT2D eigenvalue weighted by molar-refractivity contribution is 0.0715. The first-order valence-corrected chi connectivity index (χ1v) is 8.96. The second-order valence-electron chi connectivity index (χ2n) is 6.35. The zero-order valence-electron chi connectivity index (χ0n) is 13.9. The molecule has 1 atom stereocenters. The third-order valence-electron chi connectivity index (χ3n) is 4.36. The smallest absolute Gasteiger partial charge is 0.253 e. The number of nitrogens with zero attached hydrogens (tertiary/aromatic N) is 1. The Balaban J connectivity index is 1.71. The SMILES string of the molecule is Cc1ccc(F)c(NC2CCCN(C(=O)c3ccc(Cl)c(Cl)c3)C2)c1. The minimum Gasteiger partial charge on any atom is -0.378 e. The van der Waals surface area contributed by atoms with Gasteiger partial charge in [-0.2, -0.15) is 0 Å². The Morgan fingerprint density at radius 2 is 2.00 bits per heavy atom. The van der Waals surface area contributed by atoms with E-state index in [4.69, 9.17) is 23.2 Å². The van der Waals surface area contributed by atoms with Gasteiger partial charge in [-0.25, -0.2) is 4.39 Å². The third-order valence-corrected chi connectivity index (χ3v) is 5.10. The van der Waals surface area contributed by atoms with E-state index in [-0.39, 0.29) is 17.8 Å². The van der Waals surface area contributed by atoms with Crippen LogP contribution in [-0.2, 0) is 0 Å². The van der Waals surface area contributed by atoms with E-state index in [2.05, 4.69) is 5.32 Å². The summed E-state index contributed by atoms with van der Waals surface area (Å²) in [5.41, 5.74) is 1.98. The Bertz CT molecular complexity index is 797. The molecule has 3 nitrogen and oxygen atoms in total. The fraction of sp³-hybridized carbons (Fsp3) is 0.316. The van der Waals surface area contributed by atoms with E-state index in [1.807, 2.05) is 6.92 Å². The molecular weight excluding hydrogens is 362 g/mol. The van der Waals surface area contributed by atoms with Crippen molar-refractivity contribution in [3.8, 4) is 0 Å². The molecule has 1 aliphatic heterocycles. The molecule has 1 aliphatic rings. The summed E-state index contributed by atoms with van der Waals surface area (Å²) in [6.45, 7) is 3.12. The summed E-state index contributed by atoms with van der Waals surface area (Å²) in [5.74, 6) is -0.367. The van der Waals surface area contributed by atoms with E-state index < -0.39 is 0 Å². The molecule has 1 heterocycles. The molecule has 2 aromatic rings. The summed E-state index contributed by atoms with van der Waals surface area (Å²) in [6, 6.07) is 9.88. The van der Waals surface area contributed by atoms with Crippen molar-refractivity contribution < 1.29 is 9.18 Å². The summed E-state index contributed by atoms with van der Waals surface area (Å²) in [7, 11) is 0. The largest absolute Gasteiger partial charge is 0.378 e. The summed E-state index contributed by atoms with van der Waals surface area (Å²) in [6.07, 6.45) is 1.75. The van der Waals surface area contributed by atoms with Gasteiger partial charge in [0.05, 0.1) is 15.7 Å². The van der Waals surface area contributed by atoms with Crippen LogP contribution < -0.4 is 5.32 Å². The maximum Gasteiger partial charge on any atom is 0.253 e. The monoisotopic (exact) mass is 380 g/mol. The molecule has 0 spiro atoms. The van der Waals surface area contributed by atoms with Crippen LogP contribution in [0.4, 0.5) is 10.1 Å². The number of aryl methyl sites for hydroxylation is 1. The van der Waals surface area contributed by atoms with Crippen LogP contribution in [-0.4, -0.2) is 29.9 Å². The predicted molar refractivity (Wildman–Crippen MR) is 100 cm³/mol. The molecule has 0 aromatic heterocycles. The van der Waals surface area contributed by atoms with Crippen molar-refractivity contribution in [3.05, 3.63) is 63.4 Å². The molecule has 132 valence electrons.